The van der Waals surface area contributed by atoms with Crippen LogP contribution in [0.25, 0.3) is 10.8 Å². The summed E-state index contributed by atoms with van der Waals surface area (Å²) in [7, 11) is 2.23. The van der Waals surface area contributed by atoms with Crippen molar-refractivity contribution in [3.8, 4) is 0 Å². The van der Waals surface area contributed by atoms with Crippen molar-refractivity contribution >= 4 is 16.6 Å². The predicted octanol–water partition coefficient (Wildman–Crippen LogP) is 3.68. The van der Waals surface area contributed by atoms with Crippen LogP contribution in [-0.4, -0.2) is 34.8 Å². The summed E-state index contributed by atoms with van der Waals surface area (Å²) in [4.78, 5) is 20.0. The summed E-state index contributed by atoms with van der Waals surface area (Å²) < 4.78 is 0. The fraction of sp³-hybridized carbons (Fsp3) is 0.474. The first-order chi connectivity index (χ1) is 10.7. The molecule has 3 heteroatoms. The number of piperidine rings is 2. The summed E-state index contributed by atoms with van der Waals surface area (Å²) in [6, 6.07) is 11.2. The van der Waals surface area contributed by atoms with Gasteiger partial charge in [0.25, 0.3) is 0 Å². The van der Waals surface area contributed by atoms with E-state index in [9.17, 15) is 4.79 Å². The molecule has 0 aliphatic carbocycles. The number of ketones is 1. The molecule has 2 aliphatic heterocycles. The summed E-state index contributed by atoms with van der Waals surface area (Å²) >= 11 is 0. The summed E-state index contributed by atoms with van der Waals surface area (Å²) in [6.07, 6.45) is 7.55. The van der Waals surface area contributed by atoms with Crippen LogP contribution in [0, 0.1) is 5.92 Å². The van der Waals surface area contributed by atoms with E-state index in [-0.39, 0.29) is 11.7 Å². The minimum atomic E-state index is 0.143. The zero-order chi connectivity index (χ0) is 15.1. The van der Waals surface area contributed by atoms with Gasteiger partial charge in [-0.1, -0.05) is 30.7 Å². The molecular formula is C19H22N2O. The number of nitrogens with zero attached hydrogens (tertiary/aromatic N) is 2. The summed E-state index contributed by atoms with van der Waals surface area (Å²) in [6.45, 7) is 0. The molecule has 2 bridgehead atoms. The third-order valence-electron chi connectivity index (χ3n) is 5.62. The molecule has 2 aromatic rings. The van der Waals surface area contributed by atoms with Crippen LogP contribution in [0.1, 0.15) is 42.6 Å². The van der Waals surface area contributed by atoms with Gasteiger partial charge in [0, 0.05) is 29.6 Å². The van der Waals surface area contributed by atoms with Gasteiger partial charge in [-0.25, -0.2) is 0 Å². The number of hydrogen-bond donors (Lipinski definition) is 0. The van der Waals surface area contributed by atoms with E-state index in [2.05, 4.69) is 23.0 Å². The molecule has 2 unspecified atom stereocenters. The smallest absolute Gasteiger partial charge is 0.184 e. The van der Waals surface area contributed by atoms with Crippen LogP contribution in [0.2, 0.25) is 0 Å². The van der Waals surface area contributed by atoms with Gasteiger partial charge in [0.1, 0.15) is 5.69 Å². The second kappa shape index (κ2) is 5.47. The number of pyridine rings is 1. The van der Waals surface area contributed by atoms with E-state index < -0.39 is 0 Å². The monoisotopic (exact) mass is 294 g/mol. The lowest BCUT2D eigenvalue weighted by Crippen LogP contribution is -2.51. The second-order valence-corrected chi connectivity index (χ2v) is 6.82. The largest absolute Gasteiger partial charge is 0.300 e. The maximum absolute atomic E-state index is 13.1. The quantitative estimate of drug-likeness (QED) is 0.792. The van der Waals surface area contributed by atoms with Gasteiger partial charge in [0.05, 0.1) is 0 Å². The molecule has 2 aliphatic rings. The van der Waals surface area contributed by atoms with Gasteiger partial charge in [-0.3, -0.25) is 9.78 Å². The number of Topliss-reactive ketones (excluding diaryl/α,β-unsaturated/α-hetero) is 1. The molecule has 2 fully saturated rings. The Kier molecular flexibility index (Phi) is 3.45. The number of fused-ring (bicyclic) bond motifs is 3. The average Bonchev–Trinajstić information content (AvgIpc) is 2.53. The maximum Gasteiger partial charge on any atom is 0.184 e. The van der Waals surface area contributed by atoms with Crippen molar-refractivity contribution in [3.05, 3.63) is 42.2 Å². The Labute approximate surface area is 131 Å². The van der Waals surface area contributed by atoms with Crippen LogP contribution < -0.4 is 0 Å². The van der Waals surface area contributed by atoms with Crippen LogP contribution in [0.3, 0.4) is 0 Å². The minimum absolute atomic E-state index is 0.143. The Morgan fingerprint density at radius 1 is 1.14 bits per heavy atom. The topological polar surface area (TPSA) is 33.2 Å². The molecule has 1 aromatic heterocycles. The second-order valence-electron chi connectivity index (χ2n) is 6.82. The lowest BCUT2D eigenvalue weighted by atomic mass is 9.76. The van der Waals surface area contributed by atoms with Crippen LogP contribution in [0.15, 0.2) is 36.5 Å². The van der Waals surface area contributed by atoms with Crippen LogP contribution in [0.4, 0.5) is 0 Å². The Morgan fingerprint density at radius 2 is 1.86 bits per heavy atom. The van der Waals surface area contributed by atoms with Crippen molar-refractivity contribution < 1.29 is 4.79 Å². The Balaban J connectivity index is 1.66. The highest BCUT2D eigenvalue weighted by molar-refractivity contribution is 6.07. The van der Waals surface area contributed by atoms with Gasteiger partial charge in [-0.2, -0.15) is 0 Å². The highest BCUT2D eigenvalue weighted by atomic mass is 16.1. The molecule has 0 N–H and O–H groups in total. The van der Waals surface area contributed by atoms with Crippen LogP contribution >= 0.6 is 0 Å². The van der Waals surface area contributed by atoms with Crippen molar-refractivity contribution in [2.75, 3.05) is 7.05 Å². The number of carbonyl (C=O) groups is 1. The highest BCUT2D eigenvalue weighted by Gasteiger charge is 2.39. The number of benzene rings is 1. The number of aromatic nitrogens is 1. The van der Waals surface area contributed by atoms with Gasteiger partial charge < -0.3 is 4.90 Å². The number of carbonyl (C=O) groups excluding carboxylic acids is 1. The van der Waals surface area contributed by atoms with E-state index in [0.29, 0.717) is 17.8 Å². The fourth-order valence-electron chi connectivity index (χ4n) is 4.34. The van der Waals surface area contributed by atoms with Crippen molar-refractivity contribution in [2.24, 2.45) is 5.92 Å². The first-order valence-electron chi connectivity index (χ1n) is 8.34. The highest BCUT2D eigenvalue weighted by Crippen LogP contribution is 2.37. The molecule has 4 rings (SSSR count). The van der Waals surface area contributed by atoms with Crippen LogP contribution in [-0.2, 0) is 0 Å². The number of rotatable bonds is 2. The third-order valence-corrected chi connectivity index (χ3v) is 5.62. The zero-order valence-corrected chi connectivity index (χ0v) is 13.0. The van der Waals surface area contributed by atoms with E-state index in [1.165, 1.54) is 19.3 Å². The zero-order valence-electron chi connectivity index (χ0n) is 13.0. The molecule has 1 aromatic carbocycles. The molecule has 0 saturated carbocycles. The van der Waals surface area contributed by atoms with Gasteiger partial charge in [-0.15, -0.1) is 0 Å². The lowest BCUT2D eigenvalue weighted by Gasteiger charge is -2.46. The molecule has 0 radical (unpaired) electrons. The van der Waals surface area contributed by atoms with Gasteiger partial charge in [0.15, 0.2) is 5.78 Å². The lowest BCUT2D eigenvalue weighted by molar-refractivity contribution is 0.0337. The van der Waals surface area contributed by atoms with Gasteiger partial charge in [-0.05, 0) is 44.2 Å². The predicted molar refractivity (Wildman–Crippen MR) is 88.0 cm³/mol. The maximum atomic E-state index is 13.1. The normalized spacial score (nSPS) is 28.7. The van der Waals surface area contributed by atoms with Crippen LogP contribution in [0.5, 0.6) is 0 Å². The van der Waals surface area contributed by atoms with Crippen molar-refractivity contribution in [2.45, 2.75) is 44.2 Å². The summed E-state index contributed by atoms with van der Waals surface area (Å²) in [5, 5.41) is 2.10. The molecule has 114 valence electrons. The molecule has 2 atom stereocenters. The Hall–Kier alpha value is -1.74. The van der Waals surface area contributed by atoms with Crippen molar-refractivity contribution in [3.63, 3.8) is 0 Å². The first kappa shape index (κ1) is 13.9. The number of hydrogen-bond acceptors (Lipinski definition) is 3. The fourth-order valence-corrected chi connectivity index (χ4v) is 4.34. The first-order valence-corrected chi connectivity index (χ1v) is 8.34. The molecule has 2 saturated heterocycles. The Morgan fingerprint density at radius 3 is 2.64 bits per heavy atom. The summed E-state index contributed by atoms with van der Waals surface area (Å²) in [5.41, 5.74) is 0.672. The van der Waals surface area contributed by atoms with E-state index in [0.717, 1.165) is 23.6 Å². The summed E-state index contributed by atoms with van der Waals surface area (Å²) in [5.74, 6) is 0.395. The molecular weight excluding hydrogens is 272 g/mol. The van der Waals surface area contributed by atoms with E-state index >= 15 is 0 Å². The third kappa shape index (κ3) is 2.24. The molecule has 3 nitrogen and oxygen atoms in total. The average molecular weight is 294 g/mol. The molecule has 3 heterocycles. The van der Waals surface area contributed by atoms with E-state index in [1.807, 2.05) is 24.3 Å². The van der Waals surface area contributed by atoms with Crippen molar-refractivity contribution in [1.82, 2.24) is 9.88 Å². The van der Waals surface area contributed by atoms with Gasteiger partial charge in [0.2, 0.25) is 0 Å². The SMILES string of the molecule is CN1C2CCCC1CC(C(=O)c1nccc3ccccc13)C2. The van der Waals surface area contributed by atoms with E-state index in [4.69, 9.17) is 0 Å². The molecule has 22 heavy (non-hydrogen) atoms. The van der Waals surface area contributed by atoms with Gasteiger partial charge >= 0.3 is 0 Å². The molecule has 0 amide bonds. The minimum Gasteiger partial charge on any atom is -0.300 e. The standard InChI is InChI=1S/C19H22N2O/c1-21-15-6-4-7-16(21)12-14(11-15)19(22)18-17-8-3-2-5-13(17)9-10-20-18/h2-3,5,8-10,14-16H,4,6-7,11-12H2,1H3. The van der Waals surface area contributed by atoms with E-state index in [1.54, 1.807) is 6.20 Å². The van der Waals surface area contributed by atoms with Crippen molar-refractivity contribution in [1.29, 1.82) is 0 Å². The molecule has 0 spiro atoms. The Bertz CT molecular complexity index is 692.